The zero-order valence-corrected chi connectivity index (χ0v) is 19.5. The number of ether oxygens (including phenoxy) is 2. The van der Waals surface area contributed by atoms with Gasteiger partial charge in [-0.05, 0) is 61.4 Å². The number of carbonyl (C=O) groups is 3. The Kier molecular flexibility index (Phi) is 6.19. The highest BCUT2D eigenvalue weighted by Crippen LogP contribution is 2.39. The third kappa shape index (κ3) is 4.60. The summed E-state index contributed by atoms with van der Waals surface area (Å²) in [6, 6.07) is 11.6. The summed E-state index contributed by atoms with van der Waals surface area (Å²) in [4.78, 5) is 42.9. The minimum atomic E-state index is -0.984. The maximum Gasteiger partial charge on any atom is 0.256 e. The molecule has 1 saturated carbocycles. The number of halogens is 1. The maximum absolute atomic E-state index is 13.7. The lowest BCUT2D eigenvalue weighted by Gasteiger charge is -2.44. The van der Waals surface area contributed by atoms with Crippen LogP contribution in [0.1, 0.15) is 46.4 Å². The quantitative estimate of drug-likeness (QED) is 0.709. The molecule has 0 bridgehead atoms. The van der Waals surface area contributed by atoms with Gasteiger partial charge in [-0.15, -0.1) is 0 Å². The normalized spacial score (nSPS) is 21.1. The predicted octanol–water partition coefficient (Wildman–Crippen LogP) is 2.59. The first kappa shape index (κ1) is 23.3. The van der Waals surface area contributed by atoms with E-state index in [9.17, 15) is 18.8 Å². The Bertz CT molecular complexity index is 1110. The summed E-state index contributed by atoms with van der Waals surface area (Å²) < 4.78 is 24.7. The summed E-state index contributed by atoms with van der Waals surface area (Å²) in [5.41, 5.74) is -0.144. The summed E-state index contributed by atoms with van der Waals surface area (Å²) >= 11 is 0. The van der Waals surface area contributed by atoms with E-state index >= 15 is 0 Å². The lowest BCUT2D eigenvalue weighted by atomic mass is 9.96. The topological polar surface area (TPSA) is 88.2 Å². The Balaban J connectivity index is 1.37. The predicted molar refractivity (Wildman–Crippen MR) is 124 cm³/mol. The number of nitrogens with zero attached hydrogens (tertiary/aromatic N) is 2. The van der Waals surface area contributed by atoms with Crippen LogP contribution < -0.4 is 10.1 Å². The van der Waals surface area contributed by atoms with Crippen LogP contribution in [0.25, 0.3) is 0 Å². The fourth-order valence-electron chi connectivity index (χ4n) is 4.80. The smallest absolute Gasteiger partial charge is 0.256 e. The van der Waals surface area contributed by atoms with Gasteiger partial charge >= 0.3 is 0 Å². The van der Waals surface area contributed by atoms with E-state index in [0.29, 0.717) is 42.8 Å². The molecule has 35 heavy (non-hydrogen) atoms. The van der Waals surface area contributed by atoms with Crippen molar-refractivity contribution < 1.29 is 28.2 Å². The molecule has 9 heteroatoms. The monoisotopic (exact) mass is 481 g/mol. The van der Waals surface area contributed by atoms with E-state index in [-0.39, 0.29) is 30.4 Å². The van der Waals surface area contributed by atoms with Gasteiger partial charge in [0.25, 0.3) is 11.8 Å². The Morgan fingerprint density at radius 3 is 2.17 bits per heavy atom. The number of carbonyl (C=O) groups excluding carboxylic acids is 3. The summed E-state index contributed by atoms with van der Waals surface area (Å²) in [6.07, 6.45) is 2.62. The van der Waals surface area contributed by atoms with E-state index in [1.54, 1.807) is 41.2 Å². The van der Waals surface area contributed by atoms with Gasteiger partial charge in [0.15, 0.2) is 0 Å². The van der Waals surface area contributed by atoms with Crippen molar-refractivity contribution in [2.45, 2.75) is 43.5 Å². The van der Waals surface area contributed by atoms with Crippen molar-refractivity contribution in [1.29, 1.82) is 0 Å². The molecule has 1 aliphatic carbocycles. The first-order valence-corrected chi connectivity index (χ1v) is 11.9. The first-order chi connectivity index (χ1) is 16.9. The molecule has 0 aromatic heterocycles. The average Bonchev–Trinajstić information content (AvgIpc) is 3.63. The van der Waals surface area contributed by atoms with E-state index in [1.165, 1.54) is 24.3 Å². The van der Waals surface area contributed by atoms with Gasteiger partial charge in [-0.3, -0.25) is 19.3 Å². The lowest BCUT2D eigenvalue weighted by Crippen LogP contribution is -2.60. The number of likely N-dealkylation sites (tertiary alicyclic amines) is 1. The fraction of sp³-hybridized carbons (Fsp3) is 0.423. The molecule has 2 saturated heterocycles. The highest BCUT2D eigenvalue weighted by atomic mass is 19.1. The molecule has 1 unspecified atom stereocenters. The van der Waals surface area contributed by atoms with Gasteiger partial charge in [0.1, 0.15) is 23.3 Å². The van der Waals surface area contributed by atoms with E-state index in [0.717, 1.165) is 12.8 Å². The van der Waals surface area contributed by atoms with E-state index in [2.05, 4.69) is 5.32 Å². The Morgan fingerprint density at radius 2 is 1.57 bits per heavy atom. The number of piperidine rings is 1. The van der Waals surface area contributed by atoms with Gasteiger partial charge in [-0.25, -0.2) is 4.39 Å². The van der Waals surface area contributed by atoms with E-state index < -0.39 is 17.6 Å². The first-order valence-electron chi connectivity index (χ1n) is 11.9. The molecule has 2 aliphatic heterocycles. The van der Waals surface area contributed by atoms with Crippen LogP contribution in [0.2, 0.25) is 0 Å². The molecular formula is C26H28FN3O5. The molecule has 5 rings (SSSR count). The van der Waals surface area contributed by atoms with Crippen LogP contribution in [-0.4, -0.2) is 72.1 Å². The molecule has 3 amide bonds. The lowest BCUT2D eigenvalue weighted by molar-refractivity contribution is -0.128. The molecule has 2 aromatic rings. The summed E-state index contributed by atoms with van der Waals surface area (Å²) in [5, 5.41) is 3.00. The van der Waals surface area contributed by atoms with Crippen LogP contribution in [-0.2, 0) is 9.53 Å². The third-order valence-corrected chi connectivity index (χ3v) is 6.97. The van der Waals surface area contributed by atoms with E-state index in [1.807, 2.05) is 0 Å². The van der Waals surface area contributed by atoms with Crippen LogP contribution in [0.4, 0.5) is 4.39 Å². The molecule has 0 radical (unpaired) electrons. The minimum Gasteiger partial charge on any atom is -0.497 e. The van der Waals surface area contributed by atoms with Gasteiger partial charge in [-0.2, -0.15) is 0 Å². The fourth-order valence-corrected chi connectivity index (χ4v) is 4.80. The van der Waals surface area contributed by atoms with Gasteiger partial charge in [0, 0.05) is 43.1 Å². The Hall–Kier alpha value is -3.46. The van der Waals surface area contributed by atoms with Gasteiger partial charge in [-0.1, -0.05) is 0 Å². The highest BCUT2D eigenvalue weighted by Gasteiger charge is 2.54. The van der Waals surface area contributed by atoms with Gasteiger partial charge < -0.3 is 19.7 Å². The maximum atomic E-state index is 13.7. The highest BCUT2D eigenvalue weighted by molar-refractivity contribution is 5.99. The van der Waals surface area contributed by atoms with Crippen LogP contribution >= 0.6 is 0 Å². The van der Waals surface area contributed by atoms with Crippen LogP contribution in [0.3, 0.4) is 0 Å². The van der Waals surface area contributed by atoms with Gasteiger partial charge in [0.2, 0.25) is 5.91 Å². The SMILES string of the molecule is COc1ccc(C(=O)N2C(C(=O)NC3CC3)COC23CCN(C(=O)c2ccc(F)cc2)CC3)cc1. The van der Waals surface area contributed by atoms with Crippen molar-refractivity contribution >= 4 is 17.7 Å². The van der Waals surface area contributed by atoms with E-state index in [4.69, 9.17) is 9.47 Å². The van der Waals surface area contributed by atoms with Crippen LogP contribution in [0, 0.1) is 5.82 Å². The van der Waals surface area contributed by atoms with Crippen molar-refractivity contribution in [2.75, 3.05) is 26.8 Å². The summed E-state index contributed by atoms with van der Waals surface area (Å²) in [6.45, 7) is 0.797. The summed E-state index contributed by atoms with van der Waals surface area (Å²) in [5.74, 6) is -0.476. The number of hydrogen-bond donors (Lipinski definition) is 1. The molecule has 2 aromatic carbocycles. The zero-order chi connectivity index (χ0) is 24.6. The van der Waals surface area contributed by atoms with Crippen LogP contribution in [0.5, 0.6) is 5.75 Å². The second-order valence-corrected chi connectivity index (χ2v) is 9.26. The van der Waals surface area contributed by atoms with Crippen molar-refractivity contribution in [3.8, 4) is 5.75 Å². The molecule has 8 nitrogen and oxygen atoms in total. The molecule has 184 valence electrons. The standard InChI is InChI=1S/C26H28FN3O5/c1-34-21-10-4-18(5-11-21)25(33)30-22(23(31)28-20-8-9-20)16-35-26(30)12-14-29(15-13-26)24(32)17-2-6-19(27)7-3-17/h2-7,10-11,20,22H,8-9,12-16H2,1H3,(H,28,31). The molecule has 2 heterocycles. The zero-order valence-electron chi connectivity index (χ0n) is 19.5. The summed E-state index contributed by atoms with van der Waals surface area (Å²) in [7, 11) is 1.55. The molecule has 3 aliphatic rings. The van der Waals surface area contributed by atoms with Crippen molar-refractivity contribution in [1.82, 2.24) is 15.1 Å². The number of benzene rings is 2. The van der Waals surface area contributed by atoms with Crippen molar-refractivity contribution in [3.05, 3.63) is 65.5 Å². The number of hydrogen-bond acceptors (Lipinski definition) is 5. The second-order valence-electron chi connectivity index (χ2n) is 9.26. The number of methoxy groups -OCH3 is 1. The molecule has 1 N–H and O–H groups in total. The molecular weight excluding hydrogens is 453 g/mol. The minimum absolute atomic E-state index is 0.104. The largest absolute Gasteiger partial charge is 0.497 e. The van der Waals surface area contributed by atoms with Crippen molar-refractivity contribution in [2.24, 2.45) is 0 Å². The van der Waals surface area contributed by atoms with Crippen LogP contribution in [0.15, 0.2) is 48.5 Å². The number of nitrogens with one attached hydrogen (secondary N) is 1. The molecule has 1 spiro atoms. The van der Waals surface area contributed by atoms with Gasteiger partial charge in [0.05, 0.1) is 13.7 Å². The van der Waals surface area contributed by atoms with Crippen molar-refractivity contribution in [3.63, 3.8) is 0 Å². The molecule has 1 atom stereocenters. The molecule has 3 fully saturated rings. The average molecular weight is 482 g/mol. The third-order valence-electron chi connectivity index (χ3n) is 6.97. The Labute approximate surface area is 203 Å². The number of amides is 3. The second kappa shape index (κ2) is 9.30. The number of rotatable bonds is 5. The Morgan fingerprint density at radius 1 is 0.971 bits per heavy atom.